The summed E-state index contributed by atoms with van der Waals surface area (Å²) in [4.78, 5) is 14.7. The number of aryl methyl sites for hydroxylation is 1. The quantitative estimate of drug-likeness (QED) is 0.894. The van der Waals surface area contributed by atoms with Crippen LogP contribution in [0, 0.1) is 11.3 Å². The van der Waals surface area contributed by atoms with Gasteiger partial charge in [0.1, 0.15) is 11.8 Å². The molecule has 7 heteroatoms. The van der Waals surface area contributed by atoms with Gasteiger partial charge in [-0.1, -0.05) is 0 Å². The van der Waals surface area contributed by atoms with Gasteiger partial charge in [-0.25, -0.2) is 4.79 Å². The van der Waals surface area contributed by atoms with Crippen LogP contribution in [0.15, 0.2) is 36.7 Å². The maximum Gasteiger partial charge on any atom is 0.322 e. The molecule has 1 fully saturated rings. The molecule has 0 bridgehead atoms. The molecule has 0 spiro atoms. The Hall–Kier alpha value is -3.01. The second-order valence-corrected chi connectivity index (χ2v) is 6.36. The van der Waals surface area contributed by atoms with E-state index in [0.29, 0.717) is 17.0 Å². The first-order valence-electron chi connectivity index (χ1n) is 8.84. The SMILES string of the molecule is COc1ccc(NC(=O)N2CCCC[C@@H]2CCn2cccn2)cc1C#N. The van der Waals surface area contributed by atoms with Gasteiger partial charge in [0.15, 0.2) is 0 Å². The van der Waals surface area contributed by atoms with Crippen LogP contribution in [0.3, 0.4) is 0 Å². The molecule has 0 unspecified atom stereocenters. The second kappa shape index (κ2) is 8.39. The Morgan fingerprint density at radius 1 is 1.46 bits per heavy atom. The van der Waals surface area contributed by atoms with Gasteiger partial charge >= 0.3 is 6.03 Å². The summed E-state index contributed by atoms with van der Waals surface area (Å²) in [7, 11) is 1.52. The minimum atomic E-state index is -0.121. The van der Waals surface area contributed by atoms with Crippen molar-refractivity contribution < 1.29 is 9.53 Å². The van der Waals surface area contributed by atoms with Gasteiger partial charge in [-0.3, -0.25) is 4.68 Å². The number of ether oxygens (including phenoxy) is 1. The first-order valence-corrected chi connectivity index (χ1v) is 8.84. The maximum atomic E-state index is 12.8. The molecule has 1 saturated heterocycles. The molecule has 0 aliphatic carbocycles. The number of carbonyl (C=O) groups excluding carboxylic acids is 1. The van der Waals surface area contributed by atoms with E-state index in [1.807, 2.05) is 21.8 Å². The van der Waals surface area contributed by atoms with E-state index in [9.17, 15) is 10.1 Å². The van der Waals surface area contributed by atoms with Crippen molar-refractivity contribution in [1.29, 1.82) is 5.26 Å². The number of methoxy groups -OCH3 is 1. The molecule has 136 valence electrons. The zero-order valence-electron chi connectivity index (χ0n) is 14.9. The molecule has 1 aliphatic rings. The van der Waals surface area contributed by atoms with Gasteiger partial charge in [0, 0.05) is 37.2 Å². The van der Waals surface area contributed by atoms with E-state index in [-0.39, 0.29) is 12.1 Å². The van der Waals surface area contributed by atoms with Gasteiger partial charge in [-0.05, 0) is 49.9 Å². The molecular formula is C19H23N5O2. The maximum absolute atomic E-state index is 12.8. The predicted octanol–water partition coefficient (Wildman–Crippen LogP) is 3.24. The first kappa shape index (κ1) is 17.8. The highest BCUT2D eigenvalue weighted by atomic mass is 16.5. The van der Waals surface area contributed by atoms with Gasteiger partial charge in [-0.2, -0.15) is 10.4 Å². The van der Waals surface area contributed by atoms with Crippen LogP contribution >= 0.6 is 0 Å². The predicted molar refractivity (Wildman–Crippen MR) is 97.9 cm³/mol. The van der Waals surface area contributed by atoms with Crippen molar-refractivity contribution in [2.24, 2.45) is 0 Å². The number of nitrogens with one attached hydrogen (secondary N) is 1. The Balaban J connectivity index is 1.65. The van der Waals surface area contributed by atoms with Crippen LogP contribution in [-0.2, 0) is 6.54 Å². The molecule has 1 aromatic heterocycles. The highest BCUT2D eigenvalue weighted by Crippen LogP contribution is 2.24. The van der Waals surface area contributed by atoms with Crippen LogP contribution < -0.4 is 10.1 Å². The number of nitrogens with zero attached hydrogens (tertiary/aromatic N) is 4. The summed E-state index contributed by atoms with van der Waals surface area (Å²) in [6.07, 6.45) is 7.73. The highest BCUT2D eigenvalue weighted by Gasteiger charge is 2.26. The van der Waals surface area contributed by atoms with Gasteiger partial charge in [0.25, 0.3) is 0 Å². The lowest BCUT2D eigenvalue weighted by Gasteiger charge is -2.35. The third-order valence-corrected chi connectivity index (χ3v) is 4.71. The fraction of sp³-hybridized carbons (Fsp3) is 0.421. The number of piperidine rings is 1. The van der Waals surface area contributed by atoms with Crippen molar-refractivity contribution in [1.82, 2.24) is 14.7 Å². The van der Waals surface area contributed by atoms with Crippen molar-refractivity contribution >= 4 is 11.7 Å². The normalized spacial score (nSPS) is 16.8. The van der Waals surface area contributed by atoms with Crippen molar-refractivity contribution in [3.05, 3.63) is 42.2 Å². The molecule has 2 amide bonds. The summed E-state index contributed by atoms with van der Waals surface area (Å²) in [5.74, 6) is 0.501. The number of benzene rings is 1. The average molecular weight is 353 g/mol. The fourth-order valence-corrected chi connectivity index (χ4v) is 3.35. The van der Waals surface area contributed by atoms with E-state index in [0.717, 1.165) is 38.8 Å². The zero-order valence-corrected chi connectivity index (χ0v) is 14.9. The lowest BCUT2D eigenvalue weighted by molar-refractivity contribution is 0.154. The molecule has 0 radical (unpaired) electrons. The van der Waals surface area contributed by atoms with Crippen LogP contribution in [0.5, 0.6) is 5.75 Å². The van der Waals surface area contributed by atoms with E-state index in [4.69, 9.17) is 4.74 Å². The molecule has 0 saturated carbocycles. The van der Waals surface area contributed by atoms with Gasteiger partial charge < -0.3 is 15.0 Å². The van der Waals surface area contributed by atoms with Crippen LogP contribution in [-0.4, -0.2) is 40.4 Å². The second-order valence-electron chi connectivity index (χ2n) is 6.36. The Morgan fingerprint density at radius 3 is 3.08 bits per heavy atom. The number of anilines is 1. The number of likely N-dealkylation sites (tertiary alicyclic amines) is 1. The molecule has 7 nitrogen and oxygen atoms in total. The third kappa shape index (κ3) is 4.14. The summed E-state index contributed by atoms with van der Waals surface area (Å²) in [6.45, 7) is 1.54. The molecule has 26 heavy (non-hydrogen) atoms. The summed E-state index contributed by atoms with van der Waals surface area (Å²) < 4.78 is 7.04. The van der Waals surface area contributed by atoms with Crippen LogP contribution in [0.1, 0.15) is 31.2 Å². The number of urea groups is 1. The standard InChI is InChI=1S/C19H23N5O2/c1-26-18-7-6-16(13-15(18)14-20)22-19(25)24-11-3-2-5-17(24)8-12-23-10-4-9-21-23/h4,6-7,9-10,13,17H,2-3,5,8,11-12H2,1H3,(H,22,25)/t17-/m1/s1. The minimum absolute atomic E-state index is 0.121. The summed E-state index contributed by atoms with van der Waals surface area (Å²) in [5, 5.41) is 16.3. The molecule has 2 aromatic rings. The Morgan fingerprint density at radius 2 is 2.35 bits per heavy atom. The molecule has 1 N–H and O–H groups in total. The minimum Gasteiger partial charge on any atom is -0.495 e. The van der Waals surface area contributed by atoms with E-state index in [1.54, 1.807) is 24.4 Å². The summed E-state index contributed by atoms with van der Waals surface area (Å²) >= 11 is 0. The molecule has 1 atom stereocenters. The Bertz CT molecular complexity index is 782. The van der Waals surface area contributed by atoms with Gasteiger partial charge in [0.2, 0.25) is 0 Å². The lowest BCUT2D eigenvalue weighted by atomic mass is 10.00. The van der Waals surface area contributed by atoms with Crippen LogP contribution in [0.4, 0.5) is 10.5 Å². The number of carbonyl (C=O) groups is 1. The smallest absolute Gasteiger partial charge is 0.322 e. The van der Waals surface area contributed by atoms with E-state index in [2.05, 4.69) is 16.5 Å². The van der Waals surface area contributed by atoms with Crippen molar-refractivity contribution in [2.75, 3.05) is 19.0 Å². The number of aromatic nitrogens is 2. The average Bonchev–Trinajstić information content (AvgIpc) is 3.20. The summed E-state index contributed by atoms with van der Waals surface area (Å²) in [5.41, 5.74) is 1.00. The van der Waals surface area contributed by atoms with Gasteiger partial charge in [-0.15, -0.1) is 0 Å². The molecule has 1 aliphatic heterocycles. The van der Waals surface area contributed by atoms with Crippen molar-refractivity contribution in [3.8, 4) is 11.8 Å². The van der Waals surface area contributed by atoms with E-state index < -0.39 is 0 Å². The first-order chi connectivity index (χ1) is 12.7. The number of nitriles is 1. The Labute approximate surface area is 153 Å². The number of hydrogen-bond donors (Lipinski definition) is 1. The monoisotopic (exact) mass is 353 g/mol. The van der Waals surface area contributed by atoms with E-state index >= 15 is 0 Å². The van der Waals surface area contributed by atoms with Gasteiger partial charge in [0.05, 0.1) is 12.7 Å². The topological polar surface area (TPSA) is 83.2 Å². The highest BCUT2D eigenvalue weighted by molar-refractivity contribution is 5.90. The van der Waals surface area contributed by atoms with Crippen LogP contribution in [0.25, 0.3) is 0 Å². The van der Waals surface area contributed by atoms with Crippen molar-refractivity contribution in [2.45, 2.75) is 38.3 Å². The zero-order chi connectivity index (χ0) is 18.4. The molecule has 1 aromatic carbocycles. The third-order valence-electron chi connectivity index (χ3n) is 4.71. The van der Waals surface area contributed by atoms with Crippen molar-refractivity contribution in [3.63, 3.8) is 0 Å². The molecular weight excluding hydrogens is 330 g/mol. The number of hydrogen-bond acceptors (Lipinski definition) is 4. The molecule has 3 rings (SSSR count). The fourth-order valence-electron chi connectivity index (χ4n) is 3.35. The van der Waals surface area contributed by atoms with Crippen LogP contribution in [0.2, 0.25) is 0 Å². The largest absolute Gasteiger partial charge is 0.495 e. The summed E-state index contributed by atoms with van der Waals surface area (Å²) in [6, 6.07) is 9.15. The number of rotatable bonds is 5. The lowest BCUT2D eigenvalue weighted by Crippen LogP contribution is -2.46. The Kier molecular flexibility index (Phi) is 5.74. The van der Waals surface area contributed by atoms with E-state index in [1.165, 1.54) is 7.11 Å². The molecule has 2 heterocycles. The number of amides is 2.